The SMILES string of the molecule is CC(C)C1CCCN1c1cc(C(F)(F)F)cc(Cl)n1. The lowest BCUT2D eigenvalue weighted by Crippen LogP contribution is -2.34. The molecular weight excluding hydrogens is 277 g/mol. The molecular formula is C13H16ClF3N2. The van der Waals surface area contributed by atoms with Crippen molar-refractivity contribution in [2.75, 3.05) is 11.4 Å². The molecule has 1 aromatic rings. The van der Waals surface area contributed by atoms with Gasteiger partial charge in [0.1, 0.15) is 11.0 Å². The highest BCUT2D eigenvalue weighted by atomic mass is 35.5. The van der Waals surface area contributed by atoms with E-state index in [1.165, 1.54) is 0 Å². The van der Waals surface area contributed by atoms with E-state index in [0.29, 0.717) is 11.7 Å². The van der Waals surface area contributed by atoms with Crippen LogP contribution in [-0.4, -0.2) is 17.6 Å². The molecule has 1 aromatic heterocycles. The summed E-state index contributed by atoms with van der Waals surface area (Å²) in [6, 6.07) is 2.19. The molecule has 0 N–H and O–H groups in total. The smallest absolute Gasteiger partial charge is 0.353 e. The summed E-state index contributed by atoms with van der Waals surface area (Å²) < 4.78 is 38.4. The van der Waals surface area contributed by atoms with Crippen LogP contribution in [0.5, 0.6) is 0 Å². The number of halogens is 4. The zero-order valence-corrected chi connectivity index (χ0v) is 11.6. The zero-order valence-electron chi connectivity index (χ0n) is 10.8. The third kappa shape index (κ3) is 3.14. The molecule has 2 heterocycles. The first kappa shape index (κ1) is 14.4. The van der Waals surface area contributed by atoms with E-state index >= 15 is 0 Å². The fraction of sp³-hybridized carbons (Fsp3) is 0.615. The average Bonchev–Trinajstić information content (AvgIpc) is 2.75. The Morgan fingerprint density at radius 3 is 2.63 bits per heavy atom. The lowest BCUT2D eigenvalue weighted by Gasteiger charge is -2.29. The van der Waals surface area contributed by atoms with Gasteiger partial charge in [0.05, 0.1) is 5.56 Å². The summed E-state index contributed by atoms with van der Waals surface area (Å²) in [6.07, 6.45) is -2.44. The zero-order chi connectivity index (χ0) is 14.2. The van der Waals surface area contributed by atoms with E-state index in [1.54, 1.807) is 0 Å². The first-order valence-corrected chi connectivity index (χ1v) is 6.68. The Labute approximate surface area is 115 Å². The van der Waals surface area contributed by atoms with Crippen LogP contribution in [0.3, 0.4) is 0 Å². The molecule has 1 aliphatic rings. The minimum Gasteiger partial charge on any atom is -0.353 e. The molecule has 0 radical (unpaired) electrons. The predicted octanol–water partition coefficient (Wildman–Crippen LogP) is 4.38. The molecule has 2 nitrogen and oxygen atoms in total. The maximum atomic E-state index is 12.8. The molecule has 106 valence electrons. The van der Waals surface area contributed by atoms with E-state index in [2.05, 4.69) is 18.8 Å². The van der Waals surface area contributed by atoms with Crippen LogP contribution in [-0.2, 0) is 6.18 Å². The van der Waals surface area contributed by atoms with Crippen LogP contribution < -0.4 is 4.90 Å². The molecule has 6 heteroatoms. The number of hydrogen-bond donors (Lipinski definition) is 0. The first-order valence-electron chi connectivity index (χ1n) is 6.30. The molecule has 0 aromatic carbocycles. The molecule has 0 aliphatic carbocycles. The van der Waals surface area contributed by atoms with Crippen LogP contribution >= 0.6 is 11.6 Å². The lowest BCUT2D eigenvalue weighted by atomic mass is 10.0. The monoisotopic (exact) mass is 292 g/mol. The van der Waals surface area contributed by atoms with Crippen LogP contribution in [0.2, 0.25) is 5.15 Å². The standard InChI is InChI=1S/C13H16ClF3N2/c1-8(2)10-4-3-5-19(10)12-7-9(13(15,16)17)6-11(14)18-12/h6-8,10H,3-5H2,1-2H3. The van der Waals surface area contributed by atoms with Crippen molar-refractivity contribution in [2.24, 2.45) is 5.92 Å². The molecule has 0 amide bonds. The van der Waals surface area contributed by atoms with Crippen LogP contribution in [0, 0.1) is 5.92 Å². The molecule has 1 saturated heterocycles. The Hall–Kier alpha value is -0.970. The van der Waals surface area contributed by atoms with E-state index in [9.17, 15) is 13.2 Å². The Morgan fingerprint density at radius 1 is 1.37 bits per heavy atom. The number of anilines is 1. The van der Waals surface area contributed by atoms with Crippen molar-refractivity contribution in [3.8, 4) is 0 Å². The Bertz CT molecular complexity index is 460. The third-order valence-corrected chi connectivity index (χ3v) is 3.66. The highest BCUT2D eigenvalue weighted by molar-refractivity contribution is 6.29. The Kier molecular flexibility index (Phi) is 3.95. The minimum absolute atomic E-state index is 0.112. The van der Waals surface area contributed by atoms with E-state index in [4.69, 9.17) is 11.6 Å². The third-order valence-electron chi connectivity index (χ3n) is 3.47. The Balaban J connectivity index is 2.37. The van der Waals surface area contributed by atoms with Gasteiger partial charge in [-0.25, -0.2) is 4.98 Å². The number of rotatable bonds is 2. The second-order valence-corrected chi connectivity index (χ2v) is 5.57. The van der Waals surface area contributed by atoms with Crippen LogP contribution in [0.4, 0.5) is 19.0 Å². The van der Waals surface area contributed by atoms with Crippen LogP contribution in [0.15, 0.2) is 12.1 Å². The van der Waals surface area contributed by atoms with Gasteiger partial charge in [-0.15, -0.1) is 0 Å². The molecule has 2 rings (SSSR count). The largest absolute Gasteiger partial charge is 0.416 e. The lowest BCUT2D eigenvalue weighted by molar-refractivity contribution is -0.137. The molecule has 1 fully saturated rings. The number of hydrogen-bond acceptors (Lipinski definition) is 2. The molecule has 1 aliphatic heterocycles. The summed E-state index contributed by atoms with van der Waals surface area (Å²) in [5.74, 6) is 0.702. The predicted molar refractivity (Wildman–Crippen MR) is 69.5 cm³/mol. The number of alkyl halides is 3. The van der Waals surface area contributed by atoms with Gasteiger partial charge in [-0.05, 0) is 30.9 Å². The summed E-state index contributed by atoms with van der Waals surface area (Å²) in [4.78, 5) is 5.99. The van der Waals surface area contributed by atoms with Crippen molar-refractivity contribution in [1.29, 1.82) is 0 Å². The summed E-state index contributed by atoms with van der Waals surface area (Å²) in [5.41, 5.74) is -0.739. The second kappa shape index (κ2) is 5.19. The van der Waals surface area contributed by atoms with Gasteiger partial charge in [0, 0.05) is 12.6 Å². The van der Waals surface area contributed by atoms with Gasteiger partial charge in [0.2, 0.25) is 0 Å². The molecule has 1 unspecified atom stereocenters. The maximum Gasteiger partial charge on any atom is 0.416 e. The van der Waals surface area contributed by atoms with Gasteiger partial charge in [0.25, 0.3) is 0 Å². The fourth-order valence-electron chi connectivity index (χ4n) is 2.56. The van der Waals surface area contributed by atoms with Crippen molar-refractivity contribution in [2.45, 2.75) is 38.9 Å². The van der Waals surface area contributed by atoms with E-state index in [-0.39, 0.29) is 11.2 Å². The van der Waals surface area contributed by atoms with Crippen molar-refractivity contribution in [1.82, 2.24) is 4.98 Å². The molecule has 0 saturated carbocycles. The molecule has 19 heavy (non-hydrogen) atoms. The molecule has 0 bridgehead atoms. The summed E-state index contributed by atoms with van der Waals surface area (Å²) >= 11 is 5.72. The van der Waals surface area contributed by atoms with Gasteiger partial charge in [-0.2, -0.15) is 13.2 Å². The normalized spacial score (nSPS) is 20.4. The summed E-state index contributed by atoms with van der Waals surface area (Å²) in [7, 11) is 0. The van der Waals surface area contributed by atoms with E-state index in [0.717, 1.165) is 31.5 Å². The first-order chi connectivity index (χ1) is 8.79. The van der Waals surface area contributed by atoms with Crippen molar-refractivity contribution in [3.05, 3.63) is 22.8 Å². The van der Waals surface area contributed by atoms with E-state index < -0.39 is 11.7 Å². The molecule has 0 spiro atoms. The van der Waals surface area contributed by atoms with E-state index in [1.807, 2.05) is 4.90 Å². The molecule has 1 atom stereocenters. The van der Waals surface area contributed by atoms with Gasteiger partial charge in [-0.3, -0.25) is 0 Å². The van der Waals surface area contributed by atoms with Crippen LogP contribution in [0.1, 0.15) is 32.3 Å². The summed E-state index contributed by atoms with van der Waals surface area (Å²) in [6.45, 7) is 4.86. The average molecular weight is 293 g/mol. The Morgan fingerprint density at radius 2 is 2.05 bits per heavy atom. The van der Waals surface area contributed by atoms with Crippen molar-refractivity contribution >= 4 is 17.4 Å². The van der Waals surface area contributed by atoms with Gasteiger partial charge >= 0.3 is 6.18 Å². The van der Waals surface area contributed by atoms with Crippen molar-refractivity contribution < 1.29 is 13.2 Å². The number of nitrogens with zero attached hydrogens (tertiary/aromatic N) is 2. The van der Waals surface area contributed by atoms with Gasteiger partial charge in [-0.1, -0.05) is 25.4 Å². The topological polar surface area (TPSA) is 16.1 Å². The van der Waals surface area contributed by atoms with Crippen molar-refractivity contribution in [3.63, 3.8) is 0 Å². The highest BCUT2D eigenvalue weighted by Crippen LogP contribution is 2.35. The second-order valence-electron chi connectivity index (χ2n) is 5.18. The maximum absolute atomic E-state index is 12.8. The number of aromatic nitrogens is 1. The minimum atomic E-state index is -4.39. The fourth-order valence-corrected chi connectivity index (χ4v) is 2.77. The highest BCUT2D eigenvalue weighted by Gasteiger charge is 2.34. The van der Waals surface area contributed by atoms with Crippen LogP contribution in [0.25, 0.3) is 0 Å². The quantitative estimate of drug-likeness (QED) is 0.752. The summed E-state index contributed by atoms with van der Waals surface area (Å²) in [5, 5.41) is -0.112. The van der Waals surface area contributed by atoms with Gasteiger partial charge in [0.15, 0.2) is 0 Å². The number of pyridine rings is 1. The van der Waals surface area contributed by atoms with Gasteiger partial charge < -0.3 is 4.90 Å².